The summed E-state index contributed by atoms with van der Waals surface area (Å²) in [6.07, 6.45) is 6.25. The van der Waals surface area contributed by atoms with Gasteiger partial charge in [-0.05, 0) is 39.9 Å². The Labute approximate surface area is 211 Å². The predicted octanol–water partition coefficient (Wildman–Crippen LogP) is 4.71. The van der Waals surface area contributed by atoms with Crippen LogP contribution in [0.5, 0.6) is 5.75 Å². The van der Waals surface area contributed by atoms with Crippen LogP contribution in [0.3, 0.4) is 0 Å². The van der Waals surface area contributed by atoms with Crippen molar-refractivity contribution in [2.24, 2.45) is 0 Å². The summed E-state index contributed by atoms with van der Waals surface area (Å²) in [7, 11) is 0. The van der Waals surface area contributed by atoms with Crippen molar-refractivity contribution < 1.29 is 14.3 Å². The highest BCUT2D eigenvalue weighted by molar-refractivity contribution is 5.78. The van der Waals surface area contributed by atoms with Crippen LogP contribution < -0.4 is 4.74 Å². The summed E-state index contributed by atoms with van der Waals surface area (Å²) in [6, 6.07) is 24.5. The van der Waals surface area contributed by atoms with Crippen molar-refractivity contribution in [1.82, 2.24) is 14.9 Å². The Balaban J connectivity index is 1.41. The lowest BCUT2D eigenvalue weighted by Crippen LogP contribution is -2.35. The van der Waals surface area contributed by atoms with Crippen molar-refractivity contribution in [1.29, 1.82) is 0 Å². The van der Waals surface area contributed by atoms with E-state index in [1.165, 1.54) is 11.9 Å². The summed E-state index contributed by atoms with van der Waals surface area (Å²) in [5.41, 5.74) is 6.38. The smallest absolute Gasteiger partial charge is 0.227 e. The second-order valence-corrected chi connectivity index (χ2v) is 8.88. The van der Waals surface area contributed by atoms with E-state index in [2.05, 4.69) is 40.3 Å². The lowest BCUT2D eigenvalue weighted by molar-refractivity contribution is -0.131. The van der Waals surface area contributed by atoms with Crippen molar-refractivity contribution in [3.63, 3.8) is 0 Å². The number of carbonyl (C=O) groups excluding carboxylic acids is 1. The molecule has 1 aliphatic heterocycles. The highest BCUT2D eigenvalue weighted by atomic mass is 16.5. The van der Waals surface area contributed by atoms with Crippen LogP contribution in [0.15, 0.2) is 91.5 Å². The summed E-state index contributed by atoms with van der Waals surface area (Å²) < 4.78 is 11.9. The summed E-state index contributed by atoms with van der Waals surface area (Å²) in [5, 5.41) is 0. The SMILES string of the molecule is O=C(Cc1ccccc1)N1CCOCCOc2ccc(-c3cncnc3)cc2Cc2cccc(c2)C1. The van der Waals surface area contributed by atoms with Crippen molar-refractivity contribution in [3.05, 3.63) is 114 Å². The van der Waals surface area contributed by atoms with Gasteiger partial charge in [0, 0.05) is 37.5 Å². The minimum absolute atomic E-state index is 0.0959. The van der Waals surface area contributed by atoms with Gasteiger partial charge in [-0.1, -0.05) is 60.7 Å². The average molecular weight is 480 g/mol. The first-order chi connectivity index (χ1) is 17.7. The van der Waals surface area contributed by atoms with Crippen LogP contribution in [-0.2, 0) is 28.9 Å². The molecule has 0 aliphatic carbocycles. The second kappa shape index (κ2) is 11.6. The maximum Gasteiger partial charge on any atom is 0.227 e. The maximum absolute atomic E-state index is 13.2. The highest BCUT2D eigenvalue weighted by Crippen LogP contribution is 2.28. The van der Waals surface area contributed by atoms with Gasteiger partial charge in [0.15, 0.2) is 0 Å². The van der Waals surface area contributed by atoms with E-state index < -0.39 is 0 Å². The molecule has 0 N–H and O–H groups in total. The van der Waals surface area contributed by atoms with Gasteiger partial charge in [0.05, 0.1) is 19.6 Å². The summed E-state index contributed by atoms with van der Waals surface area (Å²) >= 11 is 0. The van der Waals surface area contributed by atoms with E-state index in [-0.39, 0.29) is 5.91 Å². The monoisotopic (exact) mass is 479 g/mol. The number of benzene rings is 3. The molecule has 0 saturated carbocycles. The fourth-order valence-corrected chi connectivity index (χ4v) is 4.43. The van der Waals surface area contributed by atoms with Crippen LogP contribution in [0.25, 0.3) is 11.1 Å². The van der Waals surface area contributed by atoms with Crippen molar-refractivity contribution in [2.45, 2.75) is 19.4 Å². The molecule has 6 heteroatoms. The minimum atomic E-state index is 0.0959. The zero-order valence-electron chi connectivity index (χ0n) is 20.2. The molecule has 0 atom stereocenters. The molecule has 3 aromatic carbocycles. The second-order valence-electron chi connectivity index (χ2n) is 8.88. The van der Waals surface area contributed by atoms with Gasteiger partial charge in [0.2, 0.25) is 5.91 Å². The first-order valence-corrected chi connectivity index (χ1v) is 12.2. The molecule has 1 aliphatic rings. The molecule has 182 valence electrons. The molecule has 4 aromatic rings. The third-order valence-corrected chi connectivity index (χ3v) is 6.26. The van der Waals surface area contributed by atoms with Crippen molar-refractivity contribution >= 4 is 5.91 Å². The fraction of sp³-hybridized carbons (Fsp3) is 0.233. The average Bonchev–Trinajstić information content (AvgIpc) is 2.91. The molecule has 36 heavy (non-hydrogen) atoms. The Hall–Kier alpha value is -4.03. The first-order valence-electron chi connectivity index (χ1n) is 12.2. The van der Waals surface area contributed by atoms with E-state index in [0.717, 1.165) is 33.6 Å². The number of amides is 1. The van der Waals surface area contributed by atoms with E-state index in [1.54, 1.807) is 0 Å². The number of rotatable bonds is 3. The molecular formula is C30H29N3O3. The van der Waals surface area contributed by atoms with E-state index in [0.29, 0.717) is 45.8 Å². The molecule has 0 unspecified atom stereocenters. The fourth-order valence-electron chi connectivity index (χ4n) is 4.43. The lowest BCUT2D eigenvalue weighted by atomic mass is 9.98. The topological polar surface area (TPSA) is 64.6 Å². The van der Waals surface area contributed by atoms with Crippen LogP contribution in [-0.4, -0.2) is 47.1 Å². The van der Waals surface area contributed by atoms with Crippen molar-refractivity contribution in [2.75, 3.05) is 26.4 Å². The number of hydrogen-bond donors (Lipinski definition) is 0. The molecule has 2 bridgehead atoms. The molecule has 0 fully saturated rings. The number of carbonyl (C=O) groups is 1. The zero-order chi connectivity index (χ0) is 24.6. The normalized spacial score (nSPS) is 14.3. The van der Waals surface area contributed by atoms with Gasteiger partial charge in [-0.2, -0.15) is 0 Å². The van der Waals surface area contributed by atoms with Crippen LogP contribution >= 0.6 is 0 Å². The molecule has 5 rings (SSSR count). The molecule has 6 nitrogen and oxygen atoms in total. The van der Waals surface area contributed by atoms with Gasteiger partial charge in [0.1, 0.15) is 18.7 Å². The molecule has 0 saturated heterocycles. The van der Waals surface area contributed by atoms with Crippen molar-refractivity contribution in [3.8, 4) is 16.9 Å². The molecule has 0 spiro atoms. The van der Waals surface area contributed by atoms with Gasteiger partial charge < -0.3 is 14.4 Å². The summed E-state index contributed by atoms with van der Waals surface area (Å²) in [5.74, 6) is 0.944. The Bertz CT molecular complexity index is 1300. The minimum Gasteiger partial charge on any atom is -0.491 e. The Kier molecular flexibility index (Phi) is 7.64. The van der Waals surface area contributed by atoms with E-state index in [9.17, 15) is 4.79 Å². The Morgan fingerprint density at radius 3 is 2.53 bits per heavy atom. The van der Waals surface area contributed by atoms with Crippen LogP contribution in [0.1, 0.15) is 22.3 Å². The molecule has 2 heterocycles. The third kappa shape index (κ3) is 6.15. The summed E-state index contributed by atoms with van der Waals surface area (Å²) in [6.45, 7) is 2.45. The van der Waals surface area contributed by atoms with Gasteiger partial charge in [-0.25, -0.2) is 9.97 Å². The molecule has 0 radical (unpaired) electrons. The molecule has 1 aromatic heterocycles. The summed E-state index contributed by atoms with van der Waals surface area (Å²) in [4.78, 5) is 23.4. The number of ether oxygens (including phenoxy) is 2. The maximum atomic E-state index is 13.2. The standard InChI is InChI=1S/C30H29N3O3/c34-30(17-23-5-2-1-3-6-23)33-11-12-35-13-14-36-29-10-9-26(28-19-31-22-32-20-28)18-27(29)16-24-7-4-8-25(15-24)21-33/h1-10,15,18-20,22H,11-14,16-17,21H2. The van der Waals surface area contributed by atoms with E-state index in [4.69, 9.17) is 9.47 Å². The number of hydrogen-bond acceptors (Lipinski definition) is 5. The van der Waals surface area contributed by atoms with E-state index >= 15 is 0 Å². The number of aromatic nitrogens is 2. The third-order valence-electron chi connectivity index (χ3n) is 6.26. The quantitative estimate of drug-likeness (QED) is 0.426. The first kappa shape index (κ1) is 23.7. The van der Waals surface area contributed by atoms with Gasteiger partial charge in [-0.3, -0.25) is 4.79 Å². The largest absolute Gasteiger partial charge is 0.491 e. The zero-order valence-corrected chi connectivity index (χ0v) is 20.2. The van der Waals surface area contributed by atoms with Crippen LogP contribution in [0.2, 0.25) is 0 Å². The van der Waals surface area contributed by atoms with E-state index in [1.807, 2.05) is 59.8 Å². The van der Waals surface area contributed by atoms with Crippen LogP contribution in [0, 0.1) is 0 Å². The number of fused-ring (bicyclic) bond motifs is 3. The number of nitrogens with zero attached hydrogens (tertiary/aromatic N) is 3. The van der Waals surface area contributed by atoms with Gasteiger partial charge in [0.25, 0.3) is 0 Å². The predicted molar refractivity (Wildman–Crippen MR) is 139 cm³/mol. The van der Waals surface area contributed by atoms with Gasteiger partial charge >= 0.3 is 0 Å². The molecule has 1 amide bonds. The van der Waals surface area contributed by atoms with Crippen LogP contribution in [0.4, 0.5) is 0 Å². The van der Waals surface area contributed by atoms with Gasteiger partial charge in [-0.15, -0.1) is 0 Å². The molecular weight excluding hydrogens is 450 g/mol. The highest BCUT2D eigenvalue weighted by Gasteiger charge is 2.16. The Morgan fingerprint density at radius 1 is 0.833 bits per heavy atom. The Morgan fingerprint density at radius 2 is 1.67 bits per heavy atom. The lowest BCUT2D eigenvalue weighted by Gasteiger charge is -2.24.